The Morgan fingerprint density at radius 2 is 0.886 bits per heavy atom. The lowest BCUT2D eigenvalue weighted by Gasteiger charge is -2.40. The van der Waals surface area contributed by atoms with E-state index in [1.54, 1.807) is 48.5 Å². The first kappa shape index (κ1) is 26.2. The molecule has 1 heterocycles. The fraction of sp³-hybridized carbons (Fsp3) is 0.128. The van der Waals surface area contributed by atoms with Crippen molar-refractivity contribution in [3.63, 3.8) is 0 Å². The van der Waals surface area contributed by atoms with Crippen molar-refractivity contribution in [2.24, 2.45) is 5.41 Å². The van der Waals surface area contributed by atoms with E-state index in [4.69, 9.17) is 0 Å². The SMILES string of the molecule is Cc1ccc(N2[C@H](c3ccccc3)C3(C(=O)c4ccccc4C3=O)[C@@H](c3ccccc3)C23C(=O)c2ccccc2C3=O)cc1. The Labute approximate surface area is 254 Å². The first-order chi connectivity index (χ1) is 21.4. The maximum Gasteiger partial charge on any atom is 0.197 e. The smallest absolute Gasteiger partial charge is 0.197 e. The molecule has 1 saturated heterocycles. The Kier molecular flexibility index (Phi) is 5.54. The van der Waals surface area contributed by atoms with Crippen LogP contribution in [0.2, 0.25) is 0 Å². The normalized spacial score (nSPS) is 20.9. The van der Waals surface area contributed by atoms with Gasteiger partial charge in [-0.15, -0.1) is 0 Å². The van der Waals surface area contributed by atoms with Gasteiger partial charge >= 0.3 is 0 Å². The predicted octanol–water partition coefficient (Wildman–Crippen LogP) is 7.22. The lowest BCUT2D eigenvalue weighted by Crippen LogP contribution is -2.57. The molecule has 0 N–H and O–H groups in total. The van der Waals surface area contributed by atoms with E-state index in [2.05, 4.69) is 0 Å². The summed E-state index contributed by atoms with van der Waals surface area (Å²) in [5.41, 5.74) is 0.368. The maximum atomic E-state index is 15.2. The zero-order chi connectivity index (χ0) is 30.2. The molecule has 0 unspecified atom stereocenters. The molecule has 2 spiro atoms. The van der Waals surface area contributed by atoms with Gasteiger partial charge in [0.1, 0.15) is 5.41 Å². The number of carbonyl (C=O) groups is 4. The molecule has 3 aliphatic rings. The molecule has 0 amide bonds. The quantitative estimate of drug-likeness (QED) is 0.213. The molecule has 5 aromatic rings. The first-order valence-corrected chi connectivity index (χ1v) is 14.8. The number of nitrogens with zero attached hydrogens (tertiary/aromatic N) is 1. The van der Waals surface area contributed by atoms with Crippen molar-refractivity contribution in [3.8, 4) is 0 Å². The van der Waals surface area contributed by atoms with Gasteiger partial charge in [-0.3, -0.25) is 19.2 Å². The molecule has 5 aromatic carbocycles. The molecular weight excluding hydrogens is 546 g/mol. The lowest BCUT2D eigenvalue weighted by atomic mass is 9.60. The van der Waals surface area contributed by atoms with E-state index in [9.17, 15) is 0 Å². The fourth-order valence-electron chi connectivity index (χ4n) is 8.10. The van der Waals surface area contributed by atoms with E-state index in [1.165, 1.54) is 0 Å². The molecule has 1 fully saturated rings. The van der Waals surface area contributed by atoms with E-state index >= 15 is 19.2 Å². The van der Waals surface area contributed by atoms with Crippen molar-refractivity contribution in [1.82, 2.24) is 0 Å². The molecule has 212 valence electrons. The summed E-state index contributed by atoms with van der Waals surface area (Å²) in [7, 11) is 0. The van der Waals surface area contributed by atoms with E-state index < -0.39 is 34.5 Å². The fourth-order valence-corrected chi connectivity index (χ4v) is 8.10. The number of aryl methyl sites for hydroxylation is 1. The number of carbonyl (C=O) groups excluding carboxylic acids is 4. The summed E-state index contributed by atoms with van der Waals surface area (Å²) < 4.78 is 0. The van der Waals surface area contributed by atoms with Crippen LogP contribution in [-0.2, 0) is 0 Å². The monoisotopic (exact) mass is 573 g/mol. The molecule has 0 radical (unpaired) electrons. The molecular formula is C39H27NO4. The van der Waals surface area contributed by atoms with Gasteiger partial charge in [-0.2, -0.15) is 0 Å². The molecule has 2 aliphatic carbocycles. The van der Waals surface area contributed by atoms with Crippen molar-refractivity contribution in [3.05, 3.63) is 172 Å². The third kappa shape index (κ3) is 3.08. The van der Waals surface area contributed by atoms with Gasteiger partial charge in [0.15, 0.2) is 28.7 Å². The molecule has 44 heavy (non-hydrogen) atoms. The molecule has 1 aliphatic heterocycles. The lowest BCUT2D eigenvalue weighted by molar-refractivity contribution is 0.0619. The van der Waals surface area contributed by atoms with Gasteiger partial charge in [0.25, 0.3) is 0 Å². The van der Waals surface area contributed by atoms with Crippen LogP contribution in [0.3, 0.4) is 0 Å². The number of rotatable bonds is 3. The Bertz CT molecular complexity index is 1940. The summed E-state index contributed by atoms with van der Waals surface area (Å²) in [6.45, 7) is 1.97. The second-order valence-electron chi connectivity index (χ2n) is 11.9. The van der Waals surface area contributed by atoms with Gasteiger partial charge in [0.05, 0.1) is 6.04 Å². The number of Topliss-reactive ketones (excluding diaryl/α,β-unsaturated/α-hetero) is 4. The second kappa shape index (κ2) is 9.29. The molecule has 8 rings (SSSR count). The minimum atomic E-state index is -1.91. The number of hydrogen-bond acceptors (Lipinski definition) is 5. The van der Waals surface area contributed by atoms with Crippen LogP contribution in [0, 0.1) is 12.3 Å². The van der Waals surface area contributed by atoms with Crippen LogP contribution in [0.4, 0.5) is 5.69 Å². The highest BCUT2D eigenvalue weighted by Crippen LogP contribution is 2.69. The average molecular weight is 574 g/mol. The highest BCUT2D eigenvalue weighted by Gasteiger charge is 2.80. The van der Waals surface area contributed by atoms with E-state index in [0.29, 0.717) is 39.1 Å². The molecule has 5 nitrogen and oxygen atoms in total. The van der Waals surface area contributed by atoms with Crippen LogP contribution in [0.25, 0.3) is 0 Å². The topological polar surface area (TPSA) is 71.5 Å². The summed E-state index contributed by atoms with van der Waals surface area (Å²) in [5, 5.41) is 0. The average Bonchev–Trinajstić information content (AvgIpc) is 3.57. The van der Waals surface area contributed by atoms with Crippen molar-refractivity contribution in [2.45, 2.75) is 24.4 Å². The summed E-state index contributed by atoms with van der Waals surface area (Å²) in [4.78, 5) is 62.6. The molecule has 2 atom stereocenters. The minimum Gasteiger partial charge on any atom is -0.343 e. The molecule has 0 saturated carbocycles. The third-order valence-electron chi connectivity index (χ3n) is 9.78. The van der Waals surface area contributed by atoms with E-state index in [0.717, 1.165) is 5.56 Å². The van der Waals surface area contributed by atoms with Crippen LogP contribution < -0.4 is 4.90 Å². The van der Waals surface area contributed by atoms with Crippen LogP contribution >= 0.6 is 0 Å². The number of anilines is 1. The summed E-state index contributed by atoms with van der Waals surface area (Å²) >= 11 is 0. The Morgan fingerprint density at radius 1 is 0.477 bits per heavy atom. The molecule has 0 bridgehead atoms. The number of ketones is 4. The predicted molar refractivity (Wildman–Crippen MR) is 167 cm³/mol. The van der Waals surface area contributed by atoms with Crippen molar-refractivity contribution < 1.29 is 19.2 Å². The van der Waals surface area contributed by atoms with Crippen molar-refractivity contribution in [1.29, 1.82) is 0 Å². The zero-order valence-electron chi connectivity index (χ0n) is 23.9. The van der Waals surface area contributed by atoms with Gasteiger partial charge in [0.2, 0.25) is 0 Å². The van der Waals surface area contributed by atoms with Gasteiger partial charge < -0.3 is 4.90 Å². The van der Waals surface area contributed by atoms with E-state index in [-0.39, 0.29) is 11.6 Å². The third-order valence-corrected chi connectivity index (χ3v) is 9.78. The molecule has 0 aromatic heterocycles. The maximum absolute atomic E-state index is 15.2. The van der Waals surface area contributed by atoms with Crippen LogP contribution in [-0.4, -0.2) is 28.7 Å². The van der Waals surface area contributed by atoms with Crippen molar-refractivity contribution >= 4 is 28.8 Å². The largest absolute Gasteiger partial charge is 0.343 e. The summed E-state index contributed by atoms with van der Waals surface area (Å²) in [5.74, 6) is -2.66. The summed E-state index contributed by atoms with van der Waals surface area (Å²) in [6.07, 6.45) is 0. The van der Waals surface area contributed by atoms with Crippen LogP contribution in [0.1, 0.15) is 70.1 Å². The Morgan fingerprint density at radius 3 is 1.36 bits per heavy atom. The van der Waals surface area contributed by atoms with Crippen molar-refractivity contribution in [2.75, 3.05) is 4.90 Å². The molecule has 5 heteroatoms. The number of benzene rings is 5. The standard InChI is InChI=1S/C39H27NO4/c1-24-20-22-27(23-21-24)40-33(26-14-6-3-7-15-26)38(34(41)28-16-8-9-17-29(28)35(38)42)32(25-12-4-2-5-13-25)39(40)36(43)30-18-10-11-19-31(30)37(39)44/h2-23,32-33H,1H3/t32-,33-/m1/s1. The van der Waals surface area contributed by atoms with Crippen LogP contribution in [0.15, 0.2) is 133 Å². The number of hydrogen-bond donors (Lipinski definition) is 0. The van der Waals surface area contributed by atoms with Gasteiger partial charge in [-0.1, -0.05) is 127 Å². The van der Waals surface area contributed by atoms with Gasteiger partial charge in [-0.25, -0.2) is 0 Å². The highest BCUT2D eigenvalue weighted by molar-refractivity contribution is 6.39. The summed E-state index contributed by atoms with van der Waals surface area (Å²) in [6, 6.07) is 38.9. The van der Waals surface area contributed by atoms with E-state index in [1.807, 2.05) is 96.8 Å². The Balaban J connectivity index is 1.58. The van der Waals surface area contributed by atoms with Gasteiger partial charge in [0, 0.05) is 33.9 Å². The first-order valence-electron chi connectivity index (χ1n) is 14.8. The number of fused-ring (bicyclic) bond motifs is 2. The van der Waals surface area contributed by atoms with Gasteiger partial charge in [-0.05, 0) is 30.2 Å². The minimum absolute atomic E-state index is 0.301. The zero-order valence-corrected chi connectivity index (χ0v) is 23.9. The second-order valence-corrected chi connectivity index (χ2v) is 11.9. The Hall–Kier alpha value is -5.42. The highest BCUT2D eigenvalue weighted by atomic mass is 16.2. The van der Waals surface area contributed by atoms with Crippen LogP contribution in [0.5, 0.6) is 0 Å².